The molecule has 0 radical (unpaired) electrons. The molecular formula is C28H36ClF4N5O. The van der Waals surface area contributed by atoms with Crippen molar-refractivity contribution in [3.8, 4) is 0 Å². The van der Waals surface area contributed by atoms with Crippen molar-refractivity contribution in [3.63, 3.8) is 0 Å². The molecule has 39 heavy (non-hydrogen) atoms. The molecule has 0 aromatic heterocycles. The molecule has 0 spiro atoms. The minimum atomic E-state index is -4.18. The highest BCUT2D eigenvalue weighted by atomic mass is 35.5. The summed E-state index contributed by atoms with van der Waals surface area (Å²) in [7, 11) is 4.16. The molecule has 6 nitrogen and oxygen atoms in total. The summed E-state index contributed by atoms with van der Waals surface area (Å²) in [6.45, 7) is 4.52. The number of carbonyl (C=O) groups excluding carboxylic acids is 1. The molecule has 2 fully saturated rings. The molecule has 0 saturated carbocycles. The van der Waals surface area contributed by atoms with Gasteiger partial charge >= 0.3 is 6.18 Å². The fraction of sp³-hybridized carbons (Fsp3) is 0.536. The summed E-state index contributed by atoms with van der Waals surface area (Å²) in [4.78, 5) is 21.4. The zero-order chi connectivity index (χ0) is 28.2. The molecule has 2 heterocycles. The van der Waals surface area contributed by atoms with Crippen molar-refractivity contribution < 1.29 is 22.4 Å². The van der Waals surface area contributed by atoms with E-state index in [0.29, 0.717) is 55.2 Å². The van der Waals surface area contributed by atoms with E-state index in [1.54, 1.807) is 29.2 Å². The molecule has 4 rings (SSSR count). The molecular weight excluding hydrogens is 534 g/mol. The van der Waals surface area contributed by atoms with E-state index in [0.717, 1.165) is 31.5 Å². The van der Waals surface area contributed by atoms with Gasteiger partial charge in [-0.2, -0.15) is 13.2 Å². The van der Waals surface area contributed by atoms with Gasteiger partial charge in [0.25, 0.3) is 5.91 Å². The minimum absolute atomic E-state index is 0.0421. The number of carbonyl (C=O) groups is 1. The van der Waals surface area contributed by atoms with Crippen molar-refractivity contribution in [1.29, 1.82) is 0 Å². The van der Waals surface area contributed by atoms with Crippen molar-refractivity contribution in [2.75, 3.05) is 70.1 Å². The summed E-state index contributed by atoms with van der Waals surface area (Å²) < 4.78 is 52.8. The number of amides is 1. The highest BCUT2D eigenvalue weighted by molar-refractivity contribution is 6.31. The van der Waals surface area contributed by atoms with Crippen molar-refractivity contribution in [1.82, 2.24) is 14.7 Å². The van der Waals surface area contributed by atoms with Crippen LogP contribution in [0.5, 0.6) is 0 Å². The van der Waals surface area contributed by atoms with E-state index in [2.05, 4.69) is 22.2 Å². The fourth-order valence-corrected chi connectivity index (χ4v) is 5.42. The molecule has 2 aromatic carbocycles. The predicted octanol–water partition coefficient (Wildman–Crippen LogP) is 5.33. The maximum atomic E-state index is 15.1. The quantitative estimate of drug-likeness (QED) is 0.435. The smallest absolute Gasteiger partial charge is 0.367 e. The SMILES string of the molecule is CN1CCC(N(C)Cc2ccc(C(=O)Nc3ccc(Cl)cc3N3CCN(CCC(F)(F)F)CC3)c(F)c2)CC1. The van der Waals surface area contributed by atoms with Crippen LogP contribution in [0, 0.1) is 5.82 Å². The lowest BCUT2D eigenvalue weighted by Gasteiger charge is -2.37. The Kier molecular flexibility index (Phi) is 9.74. The molecule has 2 aliphatic heterocycles. The standard InChI is InChI=1S/C28H36ClF4N5O/c1-35-10-7-22(8-11-35)36(2)19-20-3-5-23(24(30)17-20)27(39)34-25-6-4-21(29)18-26(25)38-15-13-37(14-16-38)12-9-28(31,32)33/h3-6,17-18,22H,7-16,19H2,1-2H3,(H,34,39). The molecule has 1 amide bonds. The van der Waals surface area contributed by atoms with Crippen LogP contribution < -0.4 is 10.2 Å². The number of anilines is 2. The van der Waals surface area contributed by atoms with Gasteiger partial charge in [0.05, 0.1) is 23.4 Å². The van der Waals surface area contributed by atoms with Crippen LogP contribution in [0.3, 0.4) is 0 Å². The van der Waals surface area contributed by atoms with Gasteiger partial charge in [0.2, 0.25) is 0 Å². The lowest BCUT2D eigenvalue weighted by atomic mass is 10.0. The van der Waals surface area contributed by atoms with Gasteiger partial charge in [0, 0.05) is 50.3 Å². The lowest BCUT2D eigenvalue weighted by molar-refractivity contribution is -0.138. The molecule has 0 aliphatic carbocycles. The van der Waals surface area contributed by atoms with E-state index >= 15 is 4.39 Å². The van der Waals surface area contributed by atoms with E-state index in [-0.39, 0.29) is 12.1 Å². The first-order valence-corrected chi connectivity index (χ1v) is 13.7. The third-order valence-electron chi connectivity index (χ3n) is 7.65. The molecule has 11 heteroatoms. The Bertz CT molecular complexity index is 1130. The van der Waals surface area contributed by atoms with Crippen molar-refractivity contribution in [2.24, 2.45) is 0 Å². The molecule has 1 N–H and O–H groups in total. The summed E-state index contributed by atoms with van der Waals surface area (Å²) in [5, 5.41) is 3.27. The normalized spacial score (nSPS) is 18.1. The molecule has 0 unspecified atom stereocenters. The Labute approximate surface area is 232 Å². The van der Waals surface area contributed by atoms with Crippen LogP contribution in [0.4, 0.5) is 28.9 Å². The van der Waals surface area contributed by atoms with Gasteiger partial charge in [-0.1, -0.05) is 17.7 Å². The van der Waals surface area contributed by atoms with Crippen molar-refractivity contribution >= 4 is 28.9 Å². The highest BCUT2D eigenvalue weighted by Gasteiger charge is 2.29. The Morgan fingerprint density at radius 1 is 1.05 bits per heavy atom. The largest absolute Gasteiger partial charge is 0.390 e. The molecule has 2 saturated heterocycles. The van der Waals surface area contributed by atoms with Crippen LogP contribution in [0.2, 0.25) is 5.02 Å². The van der Waals surface area contributed by atoms with Gasteiger partial charge in [-0.25, -0.2) is 4.39 Å². The van der Waals surface area contributed by atoms with Gasteiger partial charge in [-0.15, -0.1) is 0 Å². The topological polar surface area (TPSA) is 42.1 Å². The Balaban J connectivity index is 1.38. The number of benzene rings is 2. The number of nitrogens with zero attached hydrogens (tertiary/aromatic N) is 4. The number of halogens is 5. The van der Waals surface area contributed by atoms with E-state index < -0.39 is 24.3 Å². The second-order valence-electron chi connectivity index (χ2n) is 10.6. The van der Waals surface area contributed by atoms with E-state index in [4.69, 9.17) is 11.6 Å². The third-order valence-corrected chi connectivity index (χ3v) is 7.89. The molecule has 214 valence electrons. The van der Waals surface area contributed by atoms with Gasteiger partial charge in [0.15, 0.2) is 0 Å². The zero-order valence-corrected chi connectivity index (χ0v) is 23.2. The first-order chi connectivity index (χ1) is 18.5. The first kappa shape index (κ1) is 29.6. The molecule has 0 atom stereocenters. The fourth-order valence-electron chi connectivity index (χ4n) is 5.25. The maximum Gasteiger partial charge on any atom is 0.390 e. The summed E-state index contributed by atoms with van der Waals surface area (Å²) in [5.74, 6) is -1.16. The number of piperazine rings is 1. The summed E-state index contributed by atoms with van der Waals surface area (Å²) in [6.07, 6.45) is -2.88. The number of piperidine rings is 1. The Hall–Kier alpha value is -2.40. The highest BCUT2D eigenvalue weighted by Crippen LogP contribution is 2.31. The van der Waals surface area contributed by atoms with E-state index in [1.165, 1.54) is 12.1 Å². The first-order valence-electron chi connectivity index (χ1n) is 13.3. The van der Waals surface area contributed by atoms with Gasteiger partial charge in [0.1, 0.15) is 5.82 Å². The van der Waals surface area contributed by atoms with Crippen LogP contribution in [0.25, 0.3) is 0 Å². The Morgan fingerprint density at radius 3 is 2.38 bits per heavy atom. The van der Waals surface area contributed by atoms with Crippen LogP contribution in [0.15, 0.2) is 36.4 Å². The van der Waals surface area contributed by atoms with Crippen molar-refractivity contribution in [2.45, 2.75) is 38.0 Å². The summed E-state index contributed by atoms with van der Waals surface area (Å²) in [6, 6.07) is 10.2. The monoisotopic (exact) mass is 569 g/mol. The van der Waals surface area contributed by atoms with Gasteiger partial charge < -0.3 is 15.1 Å². The predicted molar refractivity (Wildman–Crippen MR) is 147 cm³/mol. The number of hydrogen-bond donors (Lipinski definition) is 1. The lowest BCUT2D eigenvalue weighted by Crippen LogP contribution is -2.47. The summed E-state index contributed by atoms with van der Waals surface area (Å²) in [5.41, 5.74) is 1.88. The maximum absolute atomic E-state index is 15.1. The van der Waals surface area contributed by atoms with E-state index in [9.17, 15) is 18.0 Å². The number of likely N-dealkylation sites (tertiary alicyclic amines) is 1. The van der Waals surface area contributed by atoms with Gasteiger partial charge in [-0.05, 0) is 75.9 Å². The molecule has 0 bridgehead atoms. The average molecular weight is 570 g/mol. The van der Waals surface area contributed by atoms with Gasteiger partial charge in [-0.3, -0.25) is 14.6 Å². The third kappa shape index (κ3) is 8.30. The van der Waals surface area contributed by atoms with Crippen LogP contribution in [-0.2, 0) is 6.54 Å². The minimum Gasteiger partial charge on any atom is -0.367 e. The number of rotatable bonds is 8. The molecule has 2 aromatic rings. The second-order valence-corrected chi connectivity index (χ2v) is 11.0. The number of nitrogens with one attached hydrogen (secondary N) is 1. The number of hydrogen-bond acceptors (Lipinski definition) is 5. The van der Waals surface area contributed by atoms with Crippen molar-refractivity contribution in [3.05, 3.63) is 58.4 Å². The zero-order valence-electron chi connectivity index (χ0n) is 22.4. The molecule has 2 aliphatic rings. The second kappa shape index (κ2) is 12.8. The Morgan fingerprint density at radius 2 is 1.74 bits per heavy atom. The summed E-state index contributed by atoms with van der Waals surface area (Å²) >= 11 is 6.22. The average Bonchev–Trinajstić information content (AvgIpc) is 2.89. The van der Waals surface area contributed by atoms with Crippen LogP contribution in [-0.4, -0.2) is 92.7 Å². The van der Waals surface area contributed by atoms with Crippen LogP contribution in [0.1, 0.15) is 35.2 Å². The number of alkyl halides is 3. The van der Waals surface area contributed by atoms with Crippen LogP contribution >= 0.6 is 11.6 Å². The van der Waals surface area contributed by atoms with E-state index in [1.807, 2.05) is 11.9 Å².